The molecule has 1 unspecified atom stereocenters. The van der Waals surface area contributed by atoms with Gasteiger partial charge in [-0.3, -0.25) is 0 Å². The minimum absolute atomic E-state index is 0.104. The van der Waals surface area contributed by atoms with Crippen LogP contribution in [0.2, 0.25) is 0 Å². The molecule has 0 spiro atoms. The first-order chi connectivity index (χ1) is 9.41. The van der Waals surface area contributed by atoms with Crippen LogP contribution in [0.25, 0.3) is 0 Å². The summed E-state index contributed by atoms with van der Waals surface area (Å²) >= 11 is 0. The summed E-state index contributed by atoms with van der Waals surface area (Å²) in [5, 5.41) is 3.63. The maximum Gasteiger partial charge on any atom is 0.123 e. The molecular formula is C17H26FNO. The van der Waals surface area contributed by atoms with Gasteiger partial charge in [0.15, 0.2) is 0 Å². The molecule has 1 saturated carbocycles. The first-order valence-electron chi connectivity index (χ1n) is 7.51. The third-order valence-electron chi connectivity index (χ3n) is 4.48. The van der Waals surface area contributed by atoms with Gasteiger partial charge in [-0.05, 0) is 56.2 Å². The molecule has 0 bridgehead atoms. The molecule has 1 atom stereocenters. The summed E-state index contributed by atoms with van der Waals surface area (Å²) in [5.74, 6) is 0.543. The van der Waals surface area contributed by atoms with Gasteiger partial charge in [0.25, 0.3) is 0 Å². The maximum atomic E-state index is 13.4. The van der Waals surface area contributed by atoms with E-state index in [0.29, 0.717) is 11.5 Å². The van der Waals surface area contributed by atoms with Crippen LogP contribution in [0.1, 0.15) is 58.1 Å². The zero-order valence-electron chi connectivity index (χ0n) is 13.0. The Hall–Kier alpha value is -1.09. The molecule has 1 aliphatic rings. The van der Waals surface area contributed by atoms with Crippen molar-refractivity contribution in [2.75, 3.05) is 7.11 Å². The van der Waals surface area contributed by atoms with E-state index >= 15 is 0 Å². The van der Waals surface area contributed by atoms with Gasteiger partial charge in [0.05, 0.1) is 7.11 Å². The Morgan fingerprint density at radius 2 is 1.95 bits per heavy atom. The Bertz CT molecular complexity index is 448. The van der Waals surface area contributed by atoms with Gasteiger partial charge in [0.1, 0.15) is 11.6 Å². The van der Waals surface area contributed by atoms with Crippen LogP contribution >= 0.6 is 0 Å². The van der Waals surface area contributed by atoms with Gasteiger partial charge in [0.2, 0.25) is 0 Å². The Morgan fingerprint density at radius 3 is 2.55 bits per heavy atom. The average Bonchev–Trinajstić information content (AvgIpc) is 2.41. The third kappa shape index (κ3) is 3.72. The lowest BCUT2D eigenvalue weighted by molar-refractivity contribution is 0.199. The second-order valence-corrected chi connectivity index (χ2v) is 6.71. The molecule has 0 aliphatic heterocycles. The fourth-order valence-corrected chi connectivity index (χ4v) is 3.05. The van der Waals surface area contributed by atoms with E-state index in [1.165, 1.54) is 31.7 Å². The number of benzene rings is 1. The van der Waals surface area contributed by atoms with Gasteiger partial charge in [-0.1, -0.05) is 13.8 Å². The molecule has 0 aromatic heterocycles. The molecule has 3 heteroatoms. The van der Waals surface area contributed by atoms with E-state index in [4.69, 9.17) is 4.74 Å². The summed E-state index contributed by atoms with van der Waals surface area (Å²) in [6.07, 6.45) is 4.87. The van der Waals surface area contributed by atoms with Crippen molar-refractivity contribution in [3.05, 3.63) is 29.6 Å². The quantitative estimate of drug-likeness (QED) is 0.879. The Morgan fingerprint density at radius 1 is 1.30 bits per heavy atom. The van der Waals surface area contributed by atoms with Crippen molar-refractivity contribution >= 4 is 0 Å². The predicted octanol–water partition coefficient (Wildman–Crippen LogP) is 4.45. The fraction of sp³-hybridized carbons (Fsp3) is 0.647. The second kappa shape index (κ2) is 6.13. The van der Waals surface area contributed by atoms with E-state index in [1.54, 1.807) is 19.2 Å². The van der Waals surface area contributed by atoms with Crippen LogP contribution in [0.15, 0.2) is 18.2 Å². The molecule has 1 fully saturated rings. The standard InChI is InChI=1S/C17H26FNO/c1-12(15-11-13(18)5-6-16(15)20-4)19-14-7-9-17(2,3)10-8-14/h5-6,11-12,14,19H,7-10H2,1-4H3. The van der Waals surface area contributed by atoms with Gasteiger partial charge in [-0.15, -0.1) is 0 Å². The van der Waals surface area contributed by atoms with E-state index in [2.05, 4.69) is 26.1 Å². The molecular weight excluding hydrogens is 253 g/mol. The summed E-state index contributed by atoms with van der Waals surface area (Å²) in [6, 6.07) is 5.34. The van der Waals surface area contributed by atoms with E-state index in [9.17, 15) is 4.39 Å². The van der Waals surface area contributed by atoms with E-state index < -0.39 is 0 Å². The summed E-state index contributed by atoms with van der Waals surface area (Å²) in [4.78, 5) is 0. The molecule has 20 heavy (non-hydrogen) atoms. The minimum atomic E-state index is -0.209. The molecule has 1 N–H and O–H groups in total. The van der Waals surface area contributed by atoms with Crippen LogP contribution in [0.3, 0.4) is 0 Å². The normalized spacial score (nSPS) is 20.6. The van der Waals surface area contributed by atoms with Crippen molar-refractivity contribution in [3.8, 4) is 5.75 Å². The lowest BCUT2D eigenvalue weighted by Crippen LogP contribution is -2.37. The van der Waals surface area contributed by atoms with Crippen molar-refractivity contribution < 1.29 is 9.13 Å². The lowest BCUT2D eigenvalue weighted by Gasteiger charge is -2.36. The van der Waals surface area contributed by atoms with E-state index in [1.807, 2.05) is 0 Å². The van der Waals surface area contributed by atoms with Crippen molar-refractivity contribution in [1.82, 2.24) is 5.32 Å². The van der Waals surface area contributed by atoms with Gasteiger partial charge in [-0.2, -0.15) is 0 Å². The van der Waals surface area contributed by atoms with E-state index in [-0.39, 0.29) is 11.9 Å². The monoisotopic (exact) mass is 279 g/mol. The highest BCUT2D eigenvalue weighted by Gasteiger charge is 2.27. The largest absolute Gasteiger partial charge is 0.496 e. The summed E-state index contributed by atoms with van der Waals surface area (Å²) in [6.45, 7) is 6.75. The number of hydrogen-bond donors (Lipinski definition) is 1. The molecule has 1 aromatic carbocycles. The fourth-order valence-electron chi connectivity index (χ4n) is 3.05. The van der Waals surface area contributed by atoms with Crippen LogP contribution in [0.4, 0.5) is 4.39 Å². The number of hydrogen-bond acceptors (Lipinski definition) is 2. The number of rotatable bonds is 4. The predicted molar refractivity (Wildman–Crippen MR) is 80.5 cm³/mol. The summed E-state index contributed by atoms with van der Waals surface area (Å²) in [7, 11) is 1.63. The Kier molecular flexibility index (Phi) is 4.69. The van der Waals surface area contributed by atoms with Crippen molar-refractivity contribution in [3.63, 3.8) is 0 Å². The first-order valence-corrected chi connectivity index (χ1v) is 7.51. The molecule has 0 saturated heterocycles. The molecule has 0 heterocycles. The third-order valence-corrected chi connectivity index (χ3v) is 4.48. The van der Waals surface area contributed by atoms with Crippen LogP contribution in [-0.2, 0) is 0 Å². The van der Waals surface area contributed by atoms with Crippen LogP contribution in [-0.4, -0.2) is 13.2 Å². The molecule has 2 nitrogen and oxygen atoms in total. The van der Waals surface area contributed by atoms with Gasteiger partial charge < -0.3 is 10.1 Å². The lowest BCUT2D eigenvalue weighted by atomic mass is 9.75. The highest BCUT2D eigenvalue weighted by atomic mass is 19.1. The molecule has 112 valence electrons. The zero-order valence-corrected chi connectivity index (χ0v) is 13.0. The average molecular weight is 279 g/mol. The number of halogens is 1. The van der Waals surface area contributed by atoms with Crippen molar-refractivity contribution in [2.45, 2.75) is 58.5 Å². The number of nitrogens with one attached hydrogen (secondary N) is 1. The maximum absolute atomic E-state index is 13.4. The smallest absolute Gasteiger partial charge is 0.123 e. The minimum Gasteiger partial charge on any atom is -0.496 e. The zero-order chi connectivity index (χ0) is 14.8. The Balaban J connectivity index is 2.02. The topological polar surface area (TPSA) is 21.3 Å². The van der Waals surface area contributed by atoms with Crippen molar-refractivity contribution in [1.29, 1.82) is 0 Å². The molecule has 1 aromatic rings. The molecule has 0 amide bonds. The molecule has 0 radical (unpaired) electrons. The van der Waals surface area contributed by atoms with Crippen LogP contribution < -0.4 is 10.1 Å². The highest BCUT2D eigenvalue weighted by Crippen LogP contribution is 2.36. The van der Waals surface area contributed by atoms with E-state index in [0.717, 1.165) is 11.3 Å². The van der Waals surface area contributed by atoms with Gasteiger partial charge in [0, 0.05) is 17.6 Å². The van der Waals surface area contributed by atoms with Crippen molar-refractivity contribution in [2.24, 2.45) is 5.41 Å². The SMILES string of the molecule is COc1ccc(F)cc1C(C)NC1CCC(C)(C)CC1. The highest BCUT2D eigenvalue weighted by molar-refractivity contribution is 5.36. The Labute approximate surface area is 121 Å². The first kappa shape index (κ1) is 15.3. The summed E-state index contributed by atoms with van der Waals surface area (Å²) in [5.41, 5.74) is 1.37. The summed E-state index contributed by atoms with van der Waals surface area (Å²) < 4.78 is 18.8. The molecule has 1 aliphatic carbocycles. The number of methoxy groups -OCH3 is 1. The molecule has 2 rings (SSSR count). The van der Waals surface area contributed by atoms with Crippen LogP contribution in [0.5, 0.6) is 5.75 Å². The van der Waals surface area contributed by atoms with Gasteiger partial charge >= 0.3 is 0 Å². The number of ether oxygens (including phenoxy) is 1. The van der Waals surface area contributed by atoms with Crippen LogP contribution in [0, 0.1) is 11.2 Å². The van der Waals surface area contributed by atoms with Gasteiger partial charge in [-0.25, -0.2) is 4.39 Å². The second-order valence-electron chi connectivity index (χ2n) is 6.71.